The molecule has 0 heterocycles. The summed E-state index contributed by atoms with van der Waals surface area (Å²) in [7, 11) is 3.78. The second kappa shape index (κ2) is 6.44. The molecule has 0 amide bonds. The number of nitrogens with zero attached hydrogens (tertiary/aromatic N) is 1. The Morgan fingerprint density at radius 2 is 1.80 bits per heavy atom. The van der Waals surface area contributed by atoms with Gasteiger partial charge in [0.15, 0.2) is 0 Å². The predicted molar refractivity (Wildman–Crippen MR) is 84.2 cm³/mol. The third-order valence-corrected chi connectivity index (χ3v) is 3.46. The number of methoxy groups -OCH3 is 1. The topological polar surface area (TPSA) is 38.5 Å². The summed E-state index contributed by atoms with van der Waals surface area (Å²) in [5.41, 5.74) is 10.4. The molecule has 0 aliphatic carbocycles. The van der Waals surface area contributed by atoms with Crippen molar-refractivity contribution >= 4 is 5.69 Å². The Bertz CT molecular complexity index is 564. The van der Waals surface area contributed by atoms with Gasteiger partial charge >= 0.3 is 0 Å². The van der Waals surface area contributed by atoms with Gasteiger partial charge in [-0.2, -0.15) is 0 Å². The van der Waals surface area contributed by atoms with E-state index in [9.17, 15) is 0 Å². The normalized spacial score (nSPS) is 10.4. The summed E-state index contributed by atoms with van der Waals surface area (Å²) in [4.78, 5) is 2.21. The Morgan fingerprint density at radius 3 is 2.40 bits per heavy atom. The monoisotopic (exact) mass is 270 g/mol. The van der Waals surface area contributed by atoms with Crippen molar-refractivity contribution < 1.29 is 4.74 Å². The quantitative estimate of drug-likeness (QED) is 0.907. The fourth-order valence-corrected chi connectivity index (χ4v) is 2.23. The Hall–Kier alpha value is -2.00. The number of nitrogens with two attached hydrogens (primary N) is 1. The Balaban J connectivity index is 2.21. The highest BCUT2D eigenvalue weighted by atomic mass is 16.5. The van der Waals surface area contributed by atoms with Crippen LogP contribution in [-0.2, 0) is 13.1 Å². The lowest BCUT2D eigenvalue weighted by molar-refractivity contribution is 0.409. The van der Waals surface area contributed by atoms with E-state index >= 15 is 0 Å². The number of rotatable bonds is 5. The summed E-state index contributed by atoms with van der Waals surface area (Å²) in [5.74, 6) is 0.904. The molecule has 106 valence electrons. The summed E-state index contributed by atoms with van der Waals surface area (Å²) in [6, 6.07) is 14.6. The third kappa shape index (κ3) is 3.31. The van der Waals surface area contributed by atoms with Gasteiger partial charge < -0.3 is 15.4 Å². The minimum Gasteiger partial charge on any atom is -0.496 e. The summed E-state index contributed by atoms with van der Waals surface area (Å²) in [6.07, 6.45) is 0. The van der Waals surface area contributed by atoms with Crippen LogP contribution in [0.15, 0.2) is 42.5 Å². The van der Waals surface area contributed by atoms with Gasteiger partial charge in [-0.1, -0.05) is 23.8 Å². The van der Waals surface area contributed by atoms with Crippen molar-refractivity contribution in [2.24, 2.45) is 5.73 Å². The van der Waals surface area contributed by atoms with Crippen LogP contribution in [0.25, 0.3) is 0 Å². The van der Waals surface area contributed by atoms with Gasteiger partial charge in [-0.15, -0.1) is 0 Å². The number of aryl methyl sites for hydroxylation is 1. The molecule has 0 fully saturated rings. The van der Waals surface area contributed by atoms with Crippen molar-refractivity contribution in [2.45, 2.75) is 20.0 Å². The van der Waals surface area contributed by atoms with Gasteiger partial charge in [0, 0.05) is 31.4 Å². The minimum atomic E-state index is 0.547. The van der Waals surface area contributed by atoms with Crippen LogP contribution in [-0.4, -0.2) is 14.2 Å². The average molecular weight is 270 g/mol. The van der Waals surface area contributed by atoms with Crippen molar-refractivity contribution in [3.05, 3.63) is 59.2 Å². The molecule has 0 aliphatic rings. The van der Waals surface area contributed by atoms with Crippen molar-refractivity contribution in [1.82, 2.24) is 0 Å². The zero-order valence-electron chi connectivity index (χ0n) is 12.4. The zero-order chi connectivity index (χ0) is 14.5. The number of benzene rings is 2. The molecule has 0 atom stereocenters. The lowest BCUT2D eigenvalue weighted by atomic mass is 10.1. The van der Waals surface area contributed by atoms with E-state index in [1.165, 1.54) is 11.3 Å². The first kappa shape index (κ1) is 14.4. The molecular weight excluding hydrogens is 248 g/mol. The van der Waals surface area contributed by atoms with Gasteiger partial charge in [-0.25, -0.2) is 0 Å². The third-order valence-electron chi connectivity index (χ3n) is 3.46. The maximum atomic E-state index is 5.71. The first-order valence-electron chi connectivity index (χ1n) is 6.77. The van der Waals surface area contributed by atoms with Gasteiger partial charge in [-0.3, -0.25) is 0 Å². The van der Waals surface area contributed by atoms with Crippen molar-refractivity contribution in [2.75, 3.05) is 19.1 Å². The van der Waals surface area contributed by atoms with E-state index in [4.69, 9.17) is 10.5 Å². The first-order valence-corrected chi connectivity index (χ1v) is 6.77. The lowest BCUT2D eigenvalue weighted by Gasteiger charge is -2.21. The molecule has 2 N–H and O–H groups in total. The molecule has 3 heteroatoms. The van der Waals surface area contributed by atoms with Crippen LogP contribution in [0.5, 0.6) is 5.75 Å². The van der Waals surface area contributed by atoms with Crippen LogP contribution >= 0.6 is 0 Å². The fraction of sp³-hybridized carbons (Fsp3) is 0.294. The first-order chi connectivity index (χ1) is 9.63. The second-order valence-electron chi connectivity index (χ2n) is 5.04. The standard InChI is InChI=1S/C17H22N2O/c1-13-4-7-16(8-5-13)19(2)12-15-10-14(11-18)6-9-17(15)20-3/h4-10H,11-12,18H2,1-3H3. The van der Waals surface area contributed by atoms with Crippen molar-refractivity contribution in [3.63, 3.8) is 0 Å². The molecule has 0 radical (unpaired) electrons. The highest BCUT2D eigenvalue weighted by Crippen LogP contribution is 2.23. The molecule has 2 aromatic carbocycles. The van der Waals surface area contributed by atoms with Crippen LogP contribution in [0.1, 0.15) is 16.7 Å². The number of anilines is 1. The number of hydrogen-bond donors (Lipinski definition) is 1. The molecule has 3 nitrogen and oxygen atoms in total. The van der Waals surface area contributed by atoms with Crippen molar-refractivity contribution in [3.8, 4) is 5.75 Å². The molecule has 0 aliphatic heterocycles. The van der Waals surface area contributed by atoms with E-state index in [1.807, 2.05) is 12.1 Å². The number of ether oxygens (including phenoxy) is 1. The van der Waals surface area contributed by atoms with E-state index < -0.39 is 0 Å². The maximum Gasteiger partial charge on any atom is 0.123 e. The van der Waals surface area contributed by atoms with Crippen LogP contribution in [0.3, 0.4) is 0 Å². The van der Waals surface area contributed by atoms with Crippen LogP contribution in [0.4, 0.5) is 5.69 Å². The van der Waals surface area contributed by atoms with Crippen LogP contribution < -0.4 is 15.4 Å². The molecule has 0 aromatic heterocycles. The van der Waals surface area contributed by atoms with Gasteiger partial charge in [0.05, 0.1) is 7.11 Å². The second-order valence-corrected chi connectivity index (χ2v) is 5.04. The van der Waals surface area contributed by atoms with Gasteiger partial charge in [0.1, 0.15) is 5.75 Å². The Labute approximate surface area is 121 Å². The Kier molecular flexibility index (Phi) is 4.64. The maximum absolute atomic E-state index is 5.71. The molecular formula is C17H22N2O. The van der Waals surface area contributed by atoms with Gasteiger partial charge in [0.25, 0.3) is 0 Å². The average Bonchev–Trinajstić information content (AvgIpc) is 2.47. The van der Waals surface area contributed by atoms with E-state index in [-0.39, 0.29) is 0 Å². The molecule has 0 saturated heterocycles. The van der Waals surface area contributed by atoms with E-state index in [1.54, 1.807) is 7.11 Å². The highest BCUT2D eigenvalue weighted by molar-refractivity contribution is 5.49. The van der Waals surface area contributed by atoms with Gasteiger partial charge in [-0.05, 0) is 36.8 Å². The molecule has 0 saturated carbocycles. The Morgan fingerprint density at radius 1 is 1.10 bits per heavy atom. The zero-order valence-corrected chi connectivity index (χ0v) is 12.4. The SMILES string of the molecule is COc1ccc(CN)cc1CN(C)c1ccc(C)cc1. The van der Waals surface area contributed by atoms with Crippen molar-refractivity contribution in [1.29, 1.82) is 0 Å². The van der Waals surface area contributed by atoms with Crippen LogP contribution in [0, 0.1) is 6.92 Å². The minimum absolute atomic E-state index is 0.547. The smallest absolute Gasteiger partial charge is 0.123 e. The molecule has 0 unspecified atom stereocenters. The summed E-state index contributed by atoms with van der Waals surface area (Å²) in [5, 5.41) is 0. The predicted octanol–water partition coefficient (Wildman–Crippen LogP) is 3.10. The number of hydrogen-bond acceptors (Lipinski definition) is 3. The summed E-state index contributed by atoms with van der Waals surface area (Å²) in [6.45, 7) is 3.43. The molecule has 0 spiro atoms. The molecule has 20 heavy (non-hydrogen) atoms. The highest BCUT2D eigenvalue weighted by Gasteiger charge is 2.08. The molecule has 2 rings (SSSR count). The summed E-state index contributed by atoms with van der Waals surface area (Å²) < 4.78 is 5.43. The van der Waals surface area contributed by atoms with E-state index in [0.29, 0.717) is 6.54 Å². The van der Waals surface area contributed by atoms with Crippen LogP contribution in [0.2, 0.25) is 0 Å². The van der Waals surface area contributed by atoms with E-state index in [0.717, 1.165) is 23.4 Å². The molecule has 2 aromatic rings. The summed E-state index contributed by atoms with van der Waals surface area (Å²) >= 11 is 0. The molecule has 0 bridgehead atoms. The largest absolute Gasteiger partial charge is 0.496 e. The van der Waals surface area contributed by atoms with E-state index in [2.05, 4.69) is 49.2 Å². The van der Waals surface area contributed by atoms with Gasteiger partial charge in [0.2, 0.25) is 0 Å². The fourth-order valence-electron chi connectivity index (χ4n) is 2.23. The lowest BCUT2D eigenvalue weighted by Crippen LogP contribution is -2.17.